The molecule has 1 N–H and O–H groups in total. The topological polar surface area (TPSA) is 59.3 Å². The molecule has 0 aliphatic carbocycles. The molecule has 0 atom stereocenters. The smallest absolute Gasteiger partial charge is 0.263 e. The lowest BCUT2D eigenvalue weighted by Gasteiger charge is -2.10. The van der Waals surface area contributed by atoms with Crippen molar-refractivity contribution in [2.75, 3.05) is 5.32 Å². The van der Waals surface area contributed by atoms with E-state index in [-0.39, 0.29) is 16.8 Å². The summed E-state index contributed by atoms with van der Waals surface area (Å²) in [5.74, 6) is -0.225. The fraction of sp³-hybridized carbons (Fsp3) is 0. The molecule has 4 heteroatoms. The van der Waals surface area contributed by atoms with Gasteiger partial charge in [-0.05, 0) is 24.3 Å². The van der Waals surface area contributed by atoms with Crippen LogP contribution in [0, 0.1) is 0 Å². The van der Waals surface area contributed by atoms with Crippen molar-refractivity contribution >= 4 is 22.6 Å². The first-order valence-electron chi connectivity index (χ1n) is 8.22. The summed E-state index contributed by atoms with van der Waals surface area (Å²) in [6.45, 7) is 0. The van der Waals surface area contributed by atoms with Gasteiger partial charge in [-0.3, -0.25) is 9.59 Å². The molecule has 4 nitrogen and oxygen atoms in total. The van der Waals surface area contributed by atoms with Gasteiger partial charge in [0.25, 0.3) is 5.91 Å². The summed E-state index contributed by atoms with van der Waals surface area (Å²) in [6, 6.07) is 25.1. The lowest BCUT2D eigenvalue weighted by molar-refractivity contribution is 0.102. The number of amides is 1. The van der Waals surface area contributed by atoms with Gasteiger partial charge in [-0.1, -0.05) is 60.7 Å². The van der Waals surface area contributed by atoms with Gasteiger partial charge in [-0.25, -0.2) is 0 Å². The van der Waals surface area contributed by atoms with Crippen LogP contribution in [-0.2, 0) is 0 Å². The van der Waals surface area contributed by atoms with Gasteiger partial charge >= 0.3 is 0 Å². The Bertz CT molecular complexity index is 1130. The number of para-hydroxylation sites is 2. The standard InChI is InChI=1S/C22H15NO3/c24-20-17-13-7-8-14-18(17)26-21(15-9-3-1-4-10-15)19(20)22(25)23-16-11-5-2-6-12-16/h1-14H,(H,23,25). The molecule has 0 spiro atoms. The quantitative estimate of drug-likeness (QED) is 0.587. The zero-order valence-electron chi connectivity index (χ0n) is 13.8. The Hall–Kier alpha value is -3.66. The zero-order chi connectivity index (χ0) is 17.9. The van der Waals surface area contributed by atoms with E-state index in [0.29, 0.717) is 22.2 Å². The highest BCUT2D eigenvalue weighted by Gasteiger charge is 2.22. The van der Waals surface area contributed by atoms with E-state index in [2.05, 4.69) is 5.32 Å². The molecule has 0 unspecified atom stereocenters. The highest BCUT2D eigenvalue weighted by molar-refractivity contribution is 6.09. The fourth-order valence-corrected chi connectivity index (χ4v) is 2.86. The van der Waals surface area contributed by atoms with E-state index in [1.54, 1.807) is 36.4 Å². The molecular formula is C22H15NO3. The molecule has 0 saturated carbocycles. The van der Waals surface area contributed by atoms with Gasteiger partial charge in [0.15, 0.2) is 5.76 Å². The molecule has 126 valence electrons. The monoisotopic (exact) mass is 341 g/mol. The summed E-state index contributed by atoms with van der Waals surface area (Å²) < 4.78 is 5.96. The molecule has 1 amide bonds. The third-order valence-corrected chi connectivity index (χ3v) is 4.09. The highest BCUT2D eigenvalue weighted by atomic mass is 16.3. The van der Waals surface area contributed by atoms with E-state index in [9.17, 15) is 9.59 Å². The van der Waals surface area contributed by atoms with Crippen molar-refractivity contribution in [2.24, 2.45) is 0 Å². The van der Waals surface area contributed by atoms with E-state index in [0.717, 1.165) is 0 Å². The second-order valence-electron chi connectivity index (χ2n) is 5.82. The Morgan fingerprint density at radius 2 is 1.38 bits per heavy atom. The predicted octanol–water partition coefficient (Wildman–Crippen LogP) is 4.71. The van der Waals surface area contributed by atoms with Crippen LogP contribution in [0.5, 0.6) is 0 Å². The van der Waals surface area contributed by atoms with Gasteiger partial charge in [0.05, 0.1) is 5.39 Å². The summed E-state index contributed by atoms with van der Waals surface area (Å²) in [5, 5.41) is 3.15. The Morgan fingerprint density at radius 1 is 0.769 bits per heavy atom. The maximum atomic E-state index is 13.0. The van der Waals surface area contributed by atoms with Gasteiger partial charge in [0.2, 0.25) is 5.43 Å². The Morgan fingerprint density at radius 3 is 2.12 bits per heavy atom. The fourth-order valence-electron chi connectivity index (χ4n) is 2.86. The zero-order valence-corrected chi connectivity index (χ0v) is 13.8. The summed E-state index contributed by atoms with van der Waals surface area (Å²) in [7, 11) is 0. The number of benzene rings is 3. The molecular weight excluding hydrogens is 326 g/mol. The Kier molecular flexibility index (Phi) is 4.07. The SMILES string of the molecule is O=C(Nc1ccccc1)c1c(-c2ccccc2)oc2ccccc2c1=O. The first-order valence-corrected chi connectivity index (χ1v) is 8.22. The number of anilines is 1. The molecule has 3 aromatic carbocycles. The Balaban J connectivity index is 1.93. The average Bonchev–Trinajstić information content (AvgIpc) is 2.69. The number of hydrogen-bond acceptors (Lipinski definition) is 3. The van der Waals surface area contributed by atoms with Crippen molar-refractivity contribution in [1.29, 1.82) is 0 Å². The molecule has 0 bridgehead atoms. The van der Waals surface area contributed by atoms with Crippen LogP contribution >= 0.6 is 0 Å². The van der Waals surface area contributed by atoms with Crippen molar-refractivity contribution in [3.63, 3.8) is 0 Å². The first kappa shape index (κ1) is 15.8. The van der Waals surface area contributed by atoms with E-state index >= 15 is 0 Å². The normalized spacial score (nSPS) is 10.6. The van der Waals surface area contributed by atoms with E-state index in [4.69, 9.17) is 4.42 Å². The molecule has 4 rings (SSSR count). The van der Waals surface area contributed by atoms with Gasteiger partial charge in [-0.2, -0.15) is 0 Å². The van der Waals surface area contributed by atoms with Crippen molar-refractivity contribution in [2.45, 2.75) is 0 Å². The molecule has 0 aliphatic heterocycles. The van der Waals surface area contributed by atoms with Crippen LogP contribution in [0.2, 0.25) is 0 Å². The highest BCUT2D eigenvalue weighted by Crippen LogP contribution is 2.26. The first-order chi connectivity index (χ1) is 12.7. The molecule has 0 saturated heterocycles. The summed E-state index contributed by atoms with van der Waals surface area (Å²) in [6.07, 6.45) is 0. The minimum atomic E-state index is -0.491. The minimum Gasteiger partial charge on any atom is -0.455 e. The van der Waals surface area contributed by atoms with Crippen LogP contribution in [0.25, 0.3) is 22.3 Å². The summed E-state index contributed by atoms with van der Waals surface area (Å²) in [5.41, 5.74) is 1.39. The van der Waals surface area contributed by atoms with Crippen molar-refractivity contribution in [3.8, 4) is 11.3 Å². The Labute approximate surface area is 149 Å². The maximum Gasteiger partial charge on any atom is 0.263 e. The van der Waals surface area contributed by atoms with Crippen molar-refractivity contribution in [3.05, 3.63) is 101 Å². The number of nitrogens with one attached hydrogen (secondary N) is 1. The lowest BCUT2D eigenvalue weighted by Crippen LogP contribution is -2.22. The third kappa shape index (κ3) is 2.89. The molecule has 26 heavy (non-hydrogen) atoms. The number of carbonyl (C=O) groups excluding carboxylic acids is 1. The second-order valence-corrected chi connectivity index (χ2v) is 5.82. The van der Waals surface area contributed by atoms with Crippen LogP contribution in [0.3, 0.4) is 0 Å². The van der Waals surface area contributed by atoms with Crippen molar-refractivity contribution in [1.82, 2.24) is 0 Å². The predicted molar refractivity (Wildman–Crippen MR) is 102 cm³/mol. The van der Waals surface area contributed by atoms with E-state index in [1.165, 1.54) is 0 Å². The molecule has 0 radical (unpaired) electrons. The van der Waals surface area contributed by atoms with Crippen LogP contribution in [-0.4, -0.2) is 5.91 Å². The number of rotatable bonds is 3. The minimum absolute atomic E-state index is 0.00115. The molecule has 4 aromatic rings. The molecule has 0 fully saturated rings. The lowest BCUT2D eigenvalue weighted by atomic mass is 10.0. The number of hydrogen-bond donors (Lipinski definition) is 1. The molecule has 0 aliphatic rings. The third-order valence-electron chi connectivity index (χ3n) is 4.09. The number of fused-ring (bicyclic) bond motifs is 1. The van der Waals surface area contributed by atoms with Gasteiger partial charge in [0.1, 0.15) is 11.1 Å². The average molecular weight is 341 g/mol. The van der Waals surface area contributed by atoms with Crippen molar-refractivity contribution < 1.29 is 9.21 Å². The van der Waals surface area contributed by atoms with E-state index < -0.39 is 5.91 Å². The van der Waals surface area contributed by atoms with Crippen LogP contribution in [0.1, 0.15) is 10.4 Å². The molecule has 1 aromatic heterocycles. The van der Waals surface area contributed by atoms with Crippen LogP contribution in [0.15, 0.2) is 94.1 Å². The van der Waals surface area contributed by atoms with Gasteiger partial charge in [-0.15, -0.1) is 0 Å². The second kappa shape index (κ2) is 6.69. The van der Waals surface area contributed by atoms with Gasteiger partial charge < -0.3 is 9.73 Å². The number of carbonyl (C=O) groups is 1. The summed E-state index contributed by atoms with van der Waals surface area (Å²) >= 11 is 0. The molecule has 1 heterocycles. The van der Waals surface area contributed by atoms with Gasteiger partial charge in [0, 0.05) is 11.3 Å². The largest absolute Gasteiger partial charge is 0.455 e. The maximum absolute atomic E-state index is 13.0. The van der Waals surface area contributed by atoms with Crippen LogP contribution in [0.4, 0.5) is 5.69 Å². The summed E-state index contributed by atoms with van der Waals surface area (Å²) in [4.78, 5) is 25.9. The van der Waals surface area contributed by atoms with E-state index in [1.807, 2.05) is 48.5 Å². The van der Waals surface area contributed by atoms with Crippen LogP contribution < -0.4 is 10.7 Å².